The monoisotopic (exact) mass is 391 g/mol. The number of ether oxygens (including phenoxy) is 2. The smallest absolute Gasteiger partial charge is 0.338 e. The quantitative estimate of drug-likeness (QED) is 0.704. The Labute approximate surface area is 149 Å². The van der Waals surface area contributed by atoms with E-state index in [9.17, 15) is 9.59 Å². The van der Waals surface area contributed by atoms with Crippen molar-refractivity contribution < 1.29 is 19.1 Å². The molecule has 0 radical (unpaired) electrons. The molecule has 0 aliphatic rings. The van der Waals surface area contributed by atoms with Crippen LogP contribution >= 0.6 is 15.9 Å². The first-order valence-corrected chi connectivity index (χ1v) is 8.22. The Bertz CT molecular complexity index is 718. The molecular weight excluding hydrogens is 374 g/mol. The average molecular weight is 392 g/mol. The Balaban J connectivity index is 2.00. The van der Waals surface area contributed by atoms with Crippen molar-refractivity contribution in [2.24, 2.45) is 0 Å². The van der Waals surface area contributed by atoms with Crippen LogP contribution in [0.4, 0.5) is 5.69 Å². The summed E-state index contributed by atoms with van der Waals surface area (Å²) in [7, 11) is 1.54. The molecule has 0 fully saturated rings. The maximum absolute atomic E-state index is 12.3. The summed E-state index contributed by atoms with van der Waals surface area (Å²) in [4.78, 5) is 26.0. The van der Waals surface area contributed by atoms with Gasteiger partial charge in [-0.25, -0.2) is 4.79 Å². The number of carbonyl (C=O) groups is 2. The largest absolute Gasteiger partial charge is 0.496 e. The van der Waals surface area contributed by atoms with Gasteiger partial charge in [0.25, 0.3) is 5.91 Å². The number of anilines is 1. The first-order valence-electron chi connectivity index (χ1n) is 7.43. The molecule has 5 nitrogen and oxygen atoms in total. The number of carbonyl (C=O) groups excluding carboxylic acids is 2. The number of esters is 1. The third-order valence-corrected chi connectivity index (χ3v) is 4.02. The van der Waals surface area contributed by atoms with Gasteiger partial charge in [-0.3, -0.25) is 4.79 Å². The first-order chi connectivity index (χ1) is 11.6. The van der Waals surface area contributed by atoms with Gasteiger partial charge in [0.1, 0.15) is 5.75 Å². The minimum atomic E-state index is -0.559. The van der Waals surface area contributed by atoms with Crippen LogP contribution in [0.1, 0.15) is 17.3 Å². The van der Waals surface area contributed by atoms with E-state index >= 15 is 0 Å². The predicted molar refractivity (Wildman–Crippen MR) is 95.4 cm³/mol. The molecule has 0 N–H and O–H groups in total. The lowest BCUT2D eigenvalue weighted by molar-refractivity contribution is -0.121. The number of para-hydroxylation sites is 1. The van der Waals surface area contributed by atoms with E-state index in [0.29, 0.717) is 22.3 Å². The highest BCUT2D eigenvalue weighted by molar-refractivity contribution is 9.10. The number of halogens is 1. The Kier molecular flexibility index (Phi) is 6.37. The molecule has 0 bridgehead atoms. The minimum Gasteiger partial charge on any atom is -0.496 e. The lowest BCUT2D eigenvalue weighted by atomic mass is 10.2. The Morgan fingerprint density at radius 3 is 2.42 bits per heavy atom. The number of methoxy groups -OCH3 is 1. The number of hydrogen-bond donors (Lipinski definition) is 0. The molecule has 0 aliphatic heterocycles. The Morgan fingerprint density at radius 2 is 1.83 bits per heavy atom. The number of rotatable bonds is 6. The first kappa shape index (κ1) is 18.0. The van der Waals surface area contributed by atoms with E-state index < -0.39 is 5.97 Å². The number of hydrogen-bond acceptors (Lipinski definition) is 4. The highest BCUT2D eigenvalue weighted by Gasteiger charge is 2.17. The molecule has 6 heteroatoms. The van der Waals surface area contributed by atoms with Crippen molar-refractivity contribution in [3.05, 3.63) is 58.6 Å². The van der Waals surface area contributed by atoms with Crippen molar-refractivity contribution in [1.29, 1.82) is 0 Å². The van der Waals surface area contributed by atoms with E-state index in [0.717, 1.165) is 5.69 Å². The van der Waals surface area contributed by atoms with Crippen molar-refractivity contribution >= 4 is 33.5 Å². The highest BCUT2D eigenvalue weighted by atomic mass is 79.9. The van der Waals surface area contributed by atoms with Gasteiger partial charge >= 0.3 is 5.97 Å². The summed E-state index contributed by atoms with van der Waals surface area (Å²) in [6.07, 6.45) is 0. The van der Waals surface area contributed by atoms with Gasteiger partial charge in [0, 0.05) is 12.2 Å². The fraction of sp³-hybridized carbons (Fsp3) is 0.222. The fourth-order valence-electron chi connectivity index (χ4n) is 2.19. The van der Waals surface area contributed by atoms with E-state index in [-0.39, 0.29) is 12.5 Å². The number of benzene rings is 2. The van der Waals surface area contributed by atoms with Crippen LogP contribution in [0.25, 0.3) is 0 Å². The van der Waals surface area contributed by atoms with Gasteiger partial charge in [0.15, 0.2) is 6.61 Å². The van der Waals surface area contributed by atoms with Crippen molar-refractivity contribution in [3.63, 3.8) is 0 Å². The molecule has 2 aromatic carbocycles. The zero-order chi connectivity index (χ0) is 17.5. The van der Waals surface area contributed by atoms with E-state index in [1.54, 1.807) is 30.2 Å². The second kappa shape index (κ2) is 8.49. The maximum atomic E-state index is 12.3. The van der Waals surface area contributed by atoms with Gasteiger partial charge in [0.05, 0.1) is 17.1 Å². The van der Waals surface area contributed by atoms with Crippen LogP contribution in [0.15, 0.2) is 53.0 Å². The summed E-state index contributed by atoms with van der Waals surface area (Å²) >= 11 is 3.31. The van der Waals surface area contributed by atoms with Gasteiger partial charge in [-0.1, -0.05) is 18.2 Å². The molecule has 2 aromatic rings. The topological polar surface area (TPSA) is 55.8 Å². The van der Waals surface area contributed by atoms with Crippen molar-refractivity contribution in [1.82, 2.24) is 0 Å². The van der Waals surface area contributed by atoms with E-state index in [1.165, 1.54) is 0 Å². The summed E-state index contributed by atoms with van der Waals surface area (Å²) in [6, 6.07) is 14.1. The molecule has 1 amide bonds. The molecule has 0 spiro atoms. The van der Waals surface area contributed by atoms with Crippen molar-refractivity contribution in [2.75, 3.05) is 25.2 Å². The van der Waals surface area contributed by atoms with Crippen molar-refractivity contribution in [2.45, 2.75) is 6.92 Å². The van der Waals surface area contributed by atoms with Crippen LogP contribution in [-0.2, 0) is 9.53 Å². The van der Waals surface area contributed by atoms with Gasteiger partial charge < -0.3 is 14.4 Å². The Hall–Kier alpha value is -2.34. The molecule has 24 heavy (non-hydrogen) atoms. The average Bonchev–Trinajstić information content (AvgIpc) is 2.61. The van der Waals surface area contributed by atoms with E-state index in [4.69, 9.17) is 9.47 Å². The SMILES string of the molecule is CCN(C(=O)COC(=O)c1ccc(OC)c(Br)c1)c1ccccc1. The third kappa shape index (κ3) is 4.35. The molecular formula is C18H18BrNO4. The van der Waals surface area contributed by atoms with Crippen LogP contribution in [0.5, 0.6) is 5.75 Å². The minimum absolute atomic E-state index is 0.273. The second-order valence-corrected chi connectivity index (χ2v) is 5.75. The molecule has 0 unspecified atom stereocenters. The molecule has 0 atom stereocenters. The van der Waals surface area contributed by atoms with Crippen LogP contribution in [0.3, 0.4) is 0 Å². The lowest BCUT2D eigenvalue weighted by Crippen LogP contribution is -2.34. The van der Waals surface area contributed by atoms with Gasteiger partial charge in [0.2, 0.25) is 0 Å². The zero-order valence-electron chi connectivity index (χ0n) is 13.5. The molecule has 0 aliphatic carbocycles. The molecule has 126 valence electrons. The van der Waals surface area contributed by atoms with E-state index in [2.05, 4.69) is 15.9 Å². The number of amides is 1. The van der Waals surface area contributed by atoms with Gasteiger partial charge in [-0.05, 0) is 53.2 Å². The van der Waals surface area contributed by atoms with Gasteiger partial charge in [-0.2, -0.15) is 0 Å². The van der Waals surface area contributed by atoms with Crippen LogP contribution in [0, 0.1) is 0 Å². The standard InChI is InChI=1S/C18H18BrNO4/c1-3-20(14-7-5-4-6-8-14)17(21)12-24-18(22)13-9-10-16(23-2)15(19)11-13/h4-11H,3,12H2,1-2H3. The molecule has 0 saturated carbocycles. The summed E-state index contributed by atoms with van der Waals surface area (Å²) in [6.45, 7) is 2.05. The number of nitrogens with zero attached hydrogens (tertiary/aromatic N) is 1. The van der Waals surface area contributed by atoms with E-state index in [1.807, 2.05) is 37.3 Å². The number of likely N-dealkylation sites (N-methyl/N-ethyl adjacent to an activating group) is 1. The summed E-state index contributed by atoms with van der Waals surface area (Å²) < 4.78 is 10.9. The summed E-state index contributed by atoms with van der Waals surface area (Å²) in [5, 5.41) is 0. The zero-order valence-corrected chi connectivity index (χ0v) is 15.1. The summed E-state index contributed by atoms with van der Waals surface area (Å²) in [5.41, 5.74) is 1.12. The maximum Gasteiger partial charge on any atom is 0.338 e. The van der Waals surface area contributed by atoms with Crippen molar-refractivity contribution in [3.8, 4) is 5.75 Å². The predicted octanol–water partition coefficient (Wildman–Crippen LogP) is 3.67. The molecule has 0 aromatic heterocycles. The molecule has 0 saturated heterocycles. The molecule has 2 rings (SSSR count). The highest BCUT2D eigenvalue weighted by Crippen LogP contribution is 2.25. The second-order valence-electron chi connectivity index (χ2n) is 4.90. The van der Waals surface area contributed by atoms with Crippen LogP contribution in [0.2, 0.25) is 0 Å². The van der Waals surface area contributed by atoms with Crippen LogP contribution < -0.4 is 9.64 Å². The Morgan fingerprint density at radius 1 is 1.12 bits per heavy atom. The summed E-state index contributed by atoms with van der Waals surface area (Å²) in [5.74, 6) is -0.218. The van der Waals surface area contributed by atoms with Crippen LogP contribution in [-0.4, -0.2) is 32.1 Å². The van der Waals surface area contributed by atoms with Gasteiger partial charge in [-0.15, -0.1) is 0 Å². The normalized spacial score (nSPS) is 10.1. The fourth-order valence-corrected chi connectivity index (χ4v) is 2.73. The third-order valence-electron chi connectivity index (χ3n) is 3.40. The molecule has 0 heterocycles. The lowest BCUT2D eigenvalue weighted by Gasteiger charge is -2.20.